The normalized spacial score (nSPS) is 15.2. The summed E-state index contributed by atoms with van der Waals surface area (Å²) in [5.74, 6) is 1.33. The van der Waals surface area contributed by atoms with Crippen molar-refractivity contribution in [2.75, 3.05) is 22.1 Å². The molecule has 2 aromatic carbocycles. The third kappa shape index (κ3) is 4.95. The second-order valence-corrected chi connectivity index (χ2v) is 8.97. The highest BCUT2D eigenvalue weighted by molar-refractivity contribution is 6.03. The van der Waals surface area contributed by atoms with E-state index in [0.717, 1.165) is 16.9 Å². The summed E-state index contributed by atoms with van der Waals surface area (Å²) in [6.07, 6.45) is 3.71. The molecule has 0 aliphatic carbocycles. The average molecular weight is 482 g/mol. The summed E-state index contributed by atoms with van der Waals surface area (Å²) >= 11 is 0. The lowest BCUT2D eigenvalue weighted by Crippen LogP contribution is -2.28. The van der Waals surface area contributed by atoms with Crippen LogP contribution in [0.4, 0.5) is 22.9 Å². The fraction of sp³-hybridized carbons (Fsp3) is 0.222. The highest BCUT2D eigenvalue weighted by Gasteiger charge is 2.35. The molecule has 36 heavy (non-hydrogen) atoms. The Labute approximate surface area is 209 Å². The van der Waals surface area contributed by atoms with Crippen LogP contribution in [0.25, 0.3) is 5.82 Å². The molecule has 3 heterocycles. The van der Waals surface area contributed by atoms with Crippen LogP contribution in [-0.4, -0.2) is 38.1 Å². The third-order valence-electron chi connectivity index (χ3n) is 6.29. The van der Waals surface area contributed by atoms with Crippen LogP contribution in [-0.2, 0) is 9.59 Å². The van der Waals surface area contributed by atoms with Gasteiger partial charge in [-0.25, -0.2) is 14.6 Å². The topological polar surface area (TPSA) is 105 Å². The largest absolute Gasteiger partial charge is 0.340 e. The van der Waals surface area contributed by atoms with Gasteiger partial charge in [0, 0.05) is 48.5 Å². The number of nitrogens with one attached hydrogen (secondary N) is 2. The molecule has 0 radical (unpaired) electrons. The minimum absolute atomic E-state index is 0.0347. The highest BCUT2D eigenvalue weighted by atomic mass is 16.2. The first-order valence-electron chi connectivity index (χ1n) is 11.8. The molecule has 9 heteroatoms. The van der Waals surface area contributed by atoms with Crippen molar-refractivity contribution in [3.8, 4) is 5.82 Å². The minimum Gasteiger partial charge on any atom is -0.340 e. The Kier molecular flexibility index (Phi) is 6.20. The second kappa shape index (κ2) is 9.61. The molecule has 4 aromatic rings. The molecule has 1 atom stereocenters. The number of carbonyl (C=O) groups excluding carboxylic acids is 2. The number of nitrogens with zero attached hydrogens (tertiary/aromatic N) is 5. The summed E-state index contributed by atoms with van der Waals surface area (Å²) in [6, 6.07) is 16.9. The average Bonchev–Trinajstić information content (AvgIpc) is 3.52. The lowest BCUT2D eigenvalue weighted by molar-refractivity contribution is -0.122. The van der Waals surface area contributed by atoms with Crippen molar-refractivity contribution in [2.24, 2.45) is 5.92 Å². The standard InChI is InChI=1S/C27H27N7O2/c1-17-5-10-23(13-18(17)2)33-16-20(14-26(33)35)27(36)32-22-8-6-21(7-9-22)31-24-15-25(30-19(3)29-24)34-12-4-11-28-34/h4-13,15,20H,14,16H2,1-3H3,(H,32,36)(H,29,30,31)/t20-/m0/s1. The molecule has 2 N–H and O–H groups in total. The number of hydrogen-bond acceptors (Lipinski definition) is 6. The fourth-order valence-electron chi connectivity index (χ4n) is 4.19. The molecule has 1 fully saturated rings. The summed E-state index contributed by atoms with van der Waals surface area (Å²) in [7, 11) is 0. The van der Waals surface area contributed by atoms with Gasteiger partial charge in [0.25, 0.3) is 0 Å². The van der Waals surface area contributed by atoms with Crippen LogP contribution in [0, 0.1) is 26.7 Å². The van der Waals surface area contributed by atoms with Crippen molar-refractivity contribution >= 4 is 34.7 Å². The van der Waals surface area contributed by atoms with E-state index in [-0.39, 0.29) is 18.2 Å². The van der Waals surface area contributed by atoms with E-state index in [1.165, 1.54) is 5.56 Å². The van der Waals surface area contributed by atoms with Gasteiger partial charge in [0.2, 0.25) is 11.8 Å². The number of hydrogen-bond donors (Lipinski definition) is 2. The highest BCUT2D eigenvalue weighted by Crippen LogP contribution is 2.28. The predicted octanol–water partition coefficient (Wildman–Crippen LogP) is 4.32. The Balaban J connectivity index is 1.22. The van der Waals surface area contributed by atoms with Crippen LogP contribution in [0.3, 0.4) is 0 Å². The van der Waals surface area contributed by atoms with Gasteiger partial charge in [-0.3, -0.25) is 9.59 Å². The van der Waals surface area contributed by atoms with Crippen molar-refractivity contribution < 1.29 is 9.59 Å². The summed E-state index contributed by atoms with van der Waals surface area (Å²) < 4.78 is 1.67. The van der Waals surface area contributed by atoms with E-state index in [4.69, 9.17) is 0 Å². The first-order valence-corrected chi connectivity index (χ1v) is 11.8. The van der Waals surface area contributed by atoms with Gasteiger partial charge in [-0.05, 0) is 74.4 Å². The van der Waals surface area contributed by atoms with E-state index in [2.05, 4.69) is 25.7 Å². The van der Waals surface area contributed by atoms with Crippen LogP contribution in [0.15, 0.2) is 67.0 Å². The molecule has 0 saturated carbocycles. The van der Waals surface area contributed by atoms with E-state index in [1.807, 2.05) is 81.6 Å². The van der Waals surface area contributed by atoms with Gasteiger partial charge in [0.05, 0.1) is 5.92 Å². The summed E-state index contributed by atoms with van der Waals surface area (Å²) in [5.41, 5.74) is 4.61. The smallest absolute Gasteiger partial charge is 0.229 e. The Bertz CT molecular complexity index is 1410. The lowest BCUT2D eigenvalue weighted by atomic mass is 10.1. The monoisotopic (exact) mass is 481 g/mol. The van der Waals surface area contributed by atoms with Gasteiger partial charge in [0.15, 0.2) is 5.82 Å². The lowest BCUT2D eigenvalue weighted by Gasteiger charge is -2.18. The Morgan fingerprint density at radius 2 is 1.75 bits per heavy atom. The number of amides is 2. The van der Waals surface area contributed by atoms with E-state index in [1.54, 1.807) is 15.8 Å². The molecule has 182 valence electrons. The van der Waals surface area contributed by atoms with Crippen molar-refractivity contribution in [3.05, 3.63) is 83.9 Å². The van der Waals surface area contributed by atoms with Gasteiger partial charge >= 0.3 is 0 Å². The molecule has 2 amide bonds. The maximum Gasteiger partial charge on any atom is 0.229 e. The molecule has 9 nitrogen and oxygen atoms in total. The number of carbonyl (C=O) groups is 2. The SMILES string of the molecule is Cc1nc(Nc2ccc(NC(=O)[C@H]3CC(=O)N(c4ccc(C)c(C)c4)C3)cc2)cc(-n2cccn2)n1. The second-order valence-electron chi connectivity index (χ2n) is 8.97. The number of rotatable bonds is 6. The number of aromatic nitrogens is 4. The minimum atomic E-state index is -0.401. The van der Waals surface area contributed by atoms with Crippen molar-refractivity contribution in [1.82, 2.24) is 19.7 Å². The van der Waals surface area contributed by atoms with Crippen LogP contribution >= 0.6 is 0 Å². The fourth-order valence-corrected chi connectivity index (χ4v) is 4.19. The van der Waals surface area contributed by atoms with Crippen molar-refractivity contribution in [1.29, 1.82) is 0 Å². The third-order valence-corrected chi connectivity index (χ3v) is 6.29. The summed E-state index contributed by atoms with van der Waals surface area (Å²) in [6.45, 7) is 6.26. The van der Waals surface area contributed by atoms with Crippen molar-refractivity contribution in [3.63, 3.8) is 0 Å². The molecule has 0 spiro atoms. The van der Waals surface area contributed by atoms with Crippen LogP contribution in [0.2, 0.25) is 0 Å². The molecule has 2 aromatic heterocycles. The van der Waals surface area contributed by atoms with Crippen LogP contribution < -0.4 is 15.5 Å². The summed E-state index contributed by atoms with van der Waals surface area (Å²) in [4.78, 5) is 36.0. The summed E-state index contributed by atoms with van der Waals surface area (Å²) in [5, 5.41) is 10.4. The zero-order valence-corrected chi connectivity index (χ0v) is 20.4. The number of anilines is 4. The van der Waals surface area contributed by atoms with E-state index >= 15 is 0 Å². The molecule has 1 aliphatic heterocycles. The van der Waals surface area contributed by atoms with Gasteiger partial charge in [-0.2, -0.15) is 5.10 Å². The Morgan fingerprint density at radius 1 is 0.972 bits per heavy atom. The van der Waals surface area contributed by atoms with Gasteiger partial charge in [-0.1, -0.05) is 6.07 Å². The molecular weight excluding hydrogens is 454 g/mol. The molecular formula is C27H27N7O2. The van der Waals surface area contributed by atoms with Crippen LogP contribution in [0.1, 0.15) is 23.4 Å². The quantitative estimate of drug-likeness (QED) is 0.425. The van der Waals surface area contributed by atoms with E-state index < -0.39 is 5.92 Å². The maximum atomic E-state index is 12.9. The number of benzene rings is 2. The zero-order valence-electron chi connectivity index (χ0n) is 20.4. The Hall–Kier alpha value is -4.53. The molecule has 0 unspecified atom stereocenters. The molecule has 1 saturated heterocycles. The van der Waals surface area contributed by atoms with Gasteiger partial charge in [-0.15, -0.1) is 0 Å². The maximum absolute atomic E-state index is 12.9. The van der Waals surface area contributed by atoms with Crippen molar-refractivity contribution in [2.45, 2.75) is 27.2 Å². The van der Waals surface area contributed by atoms with E-state index in [0.29, 0.717) is 29.7 Å². The van der Waals surface area contributed by atoms with Gasteiger partial charge < -0.3 is 15.5 Å². The van der Waals surface area contributed by atoms with Gasteiger partial charge in [0.1, 0.15) is 11.6 Å². The molecule has 0 bridgehead atoms. The van der Waals surface area contributed by atoms with Crippen LogP contribution in [0.5, 0.6) is 0 Å². The zero-order chi connectivity index (χ0) is 25.2. The first-order chi connectivity index (χ1) is 17.4. The molecule has 1 aliphatic rings. The first kappa shape index (κ1) is 23.2. The molecule has 5 rings (SSSR count). The predicted molar refractivity (Wildman–Crippen MR) is 139 cm³/mol. The number of aryl methyl sites for hydroxylation is 3. The van der Waals surface area contributed by atoms with E-state index in [9.17, 15) is 9.59 Å². The Morgan fingerprint density at radius 3 is 2.47 bits per heavy atom.